The van der Waals surface area contributed by atoms with Crippen LogP contribution >= 0.6 is 0 Å². The molecule has 0 saturated heterocycles. The van der Waals surface area contributed by atoms with Gasteiger partial charge < -0.3 is 0 Å². The molecule has 10 heavy (non-hydrogen) atoms. The van der Waals surface area contributed by atoms with Gasteiger partial charge in [-0.25, -0.2) is 0 Å². The Hall–Kier alpha value is 0. The van der Waals surface area contributed by atoms with Crippen LogP contribution in [0.5, 0.6) is 0 Å². The lowest BCUT2D eigenvalue weighted by molar-refractivity contribution is 0.165. The molecule has 2 fully saturated rings. The first-order valence-corrected chi connectivity index (χ1v) is 4.86. The number of rotatable bonds is 0. The van der Waals surface area contributed by atoms with Gasteiger partial charge in [-0.05, 0) is 43.4 Å². The van der Waals surface area contributed by atoms with Crippen molar-refractivity contribution >= 4 is 0 Å². The Kier molecular flexibility index (Phi) is 1.71. The highest BCUT2D eigenvalue weighted by molar-refractivity contribution is 4.83. The summed E-state index contributed by atoms with van der Waals surface area (Å²) in [6, 6.07) is 0. The second-order valence-corrected chi connectivity index (χ2v) is 4.36. The smallest absolute Gasteiger partial charge is 0.0386 e. The van der Waals surface area contributed by atoms with Gasteiger partial charge in [0.25, 0.3) is 0 Å². The van der Waals surface area contributed by atoms with Crippen LogP contribution in [0.15, 0.2) is 0 Å². The molecule has 2 saturated carbocycles. The van der Waals surface area contributed by atoms with E-state index in [-0.39, 0.29) is 0 Å². The molecule has 0 aromatic carbocycles. The van der Waals surface area contributed by atoms with E-state index in [1.54, 1.807) is 25.7 Å². The summed E-state index contributed by atoms with van der Waals surface area (Å²) >= 11 is 0. The van der Waals surface area contributed by atoms with Crippen molar-refractivity contribution < 1.29 is 0 Å². The molecule has 2 aliphatic carbocycles. The van der Waals surface area contributed by atoms with Crippen molar-refractivity contribution in [2.75, 3.05) is 0 Å². The Labute approximate surface area is 64.0 Å². The minimum absolute atomic E-state index is 1.03. The molecule has 0 amide bonds. The summed E-state index contributed by atoms with van der Waals surface area (Å²) in [6.07, 6.45) is 9.23. The molecule has 0 heterocycles. The first-order chi connectivity index (χ1) is 4.86. The number of fused-ring (bicyclic) bond motifs is 1. The first-order valence-electron chi connectivity index (χ1n) is 4.86. The summed E-state index contributed by atoms with van der Waals surface area (Å²) in [5, 5.41) is 0. The lowest BCUT2D eigenvalue weighted by Crippen LogP contribution is -2.23. The molecule has 0 aliphatic heterocycles. The molecular weight excluding hydrogens is 120 g/mol. The Bertz CT molecular complexity index is 103. The van der Waals surface area contributed by atoms with Crippen LogP contribution in [-0.4, -0.2) is 0 Å². The summed E-state index contributed by atoms with van der Waals surface area (Å²) in [4.78, 5) is 0. The zero-order valence-electron chi connectivity index (χ0n) is 6.97. The SMILES string of the molecule is CC1CCC2CCC2CC1. The summed E-state index contributed by atoms with van der Waals surface area (Å²) in [6.45, 7) is 2.42. The van der Waals surface area contributed by atoms with E-state index in [4.69, 9.17) is 0 Å². The molecule has 0 aromatic rings. The van der Waals surface area contributed by atoms with Gasteiger partial charge in [0, 0.05) is 0 Å². The second kappa shape index (κ2) is 2.56. The van der Waals surface area contributed by atoms with Crippen LogP contribution in [0.4, 0.5) is 0 Å². The summed E-state index contributed by atoms with van der Waals surface area (Å²) in [5.41, 5.74) is 0. The minimum atomic E-state index is 1.03. The van der Waals surface area contributed by atoms with Crippen molar-refractivity contribution in [2.45, 2.75) is 45.4 Å². The highest BCUT2D eigenvalue weighted by atomic mass is 14.4. The molecule has 0 radical (unpaired) electrons. The van der Waals surface area contributed by atoms with E-state index in [1.165, 1.54) is 12.8 Å². The minimum Gasteiger partial charge on any atom is -0.0625 e. The fraction of sp³-hybridized carbons (Fsp3) is 1.00. The van der Waals surface area contributed by atoms with Gasteiger partial charge in [-0.2, -0.15) is 0 Å². The van der Waals surface area contributed by atoms with Crippen LogP contribution in [0.3, 0.4) is 0 Å². The monoisotopic (exact) mass is 138 g/mol. The van der Waals surface area contributed by atoms with Gasteiger partial charge in [0.15, 0.2) is 0 Å². The molecule has 0 heteroatoms. The normalized spacial score (nSPS) is 47.1. The maximum absolute atomic E-state index is 2.42. The molecule has 0 spiro atoms. The first kappa shape index (κ1) is 6.69. The fourth-order valence-electron chi connectivity index (χ4n) is 2.54. The number of hydrogen-bond acceptors (Lipinski definition) is 0. The highest BCUT2D eigenvalue weighted by Crippen LogP contribution is 2.44. The lowest BCUT2D eigenvalue weighted by Gasteiger charge is -2.35. The van der Waals surface area contributed by atoms with Gasteiger partial charge in [0.2, 0.25) is 0 Å². The predicted molar refractivity (Wildman–Crippen MR) is 43.8 cm³/mol. The Morgan fingerprint density at radius 1 is 0.700 bits per heavy atom. The van der Waals surface area contributed by atoms with E-state index in [0.29, 0.717) is 0 Å². The molecule has 0 bridgehead atoms. The van der Waals surface area contributed by atoms with Crippen molar-refractivity contribution in [3.05, 3.63) is 0 Å². The van der Waals surface area contributed by atoms with E-state index in [9.17, 15) is 0 Å². The third-order valence-electron chi connectivity index (χ3n) is 3.64. The van der Waals surface area contributed by atoms with Crippen molar-refractivity contribution in [3.63, 3.8) is 0 Å². The summed E-state index contributed by atoms with van der Waals surface area (Å²) in [7, 11) is 0. The maximum atomic E-state index is 2.42. The van der Waals surface area contributed by atoms with Crippen LogP contribution in [0.25, 0.3) is 0 Å². The average Bonchev–Trinajstić information content (AvgIpc) is 1.94. The Morgan fingerprint density at radius 3 is 1.50 bits per heavy atom. The Balaban J connectivity index is 1.91. The van der Waals surface area contributed by atoms with Crippen LogP contribution in [0.2, 0.25) is 0 Å². The molecule has 2 unspecified atom stereocenters. The third kappa shape index (κ3) is 1.09. The molecule has 0 aromatic heterocycles. The van der Waals surface area contributed by atoms with Crippen molar-refractivity contribution in [1.29, 1.82) is 0 Å². The molecule has 58 valence electrons. The van der Waals surface area contributed by atoms with Crippen LogP contribution < -0.4 is 0 Å². The molecule has 2 rings (SSSR count). The average molecular weight is 138 g/mol. The van der Waals surface area contributed by atoms with Crippen molar-refractivity contribution in [1.82, 2.24) is 0 Å². The van der Waals surface area contributed by atoms with Crippen LogP contribution in [0.1, 0.15) is 45.4 Å². The van der Waals surface area contributed by atoms with E-state index < -0.39 is 0 Å². The van der Waals surface area contributed by atoms with Crippen molar-refractivity contribution in [2.24, 2.45) is 17.8 Å². The van der Waals surface area contributed by atoms with Gasteiger partial charge in [-0.15, -0.1) is 0 Å². The third-order valence-corrected chi connectivity index (χ3v) is 3.64. The topological polar surface area (TPSA) is 0 Å². The number of hydrogen-bond donors (Lipinski definition) is 0. The highest BCUT2D eigenvalue weighted by Gasteiger charge is 2.32. The van der Waals surface area contributed by atoms with E-state index >= 15 is 0 Å². The molecular formula is C10H18. The molecule has 2 aliphatic rings. The fourth-order valence-corrected chi connectivity index (χ4v) is 2.54. The Morgan fingerprint density at radius 2 is 1.10 bits per heavy atom. The zero-order chi connectivity index (χ0) is 6.97. The van der Waals surface area contributed by atoms with Gasteiger partial charge in [-0.1, -0.05) is 19.8 Å². The van der Waals surface area contributed by atoms with Crippen LogP contribution in [0, 0.1) is 17.8 Å². The lowest BCUT2D eigenvalue weighted by atomic mass is 9.71. The standard InChI is InChI=1S/C10H18/c1-8-2-4-9-6-7-10(9)5-3-8/h8-10H,2-7H2,1H3. The quantitative estimate of drug-likeness (QED) is 0.482. The maximum Gasteiger partial charge on any atom is -0.0386 e. The van der Waals surface area contributed by atoms with Gasteiger partial charge in [0.05, 0.1) is 0 Å². The summed E-state index contributed by atoms with van der Waals surface area (Å²) in [5.74, 6) is 3.35. The van der Waals surface area contributed by atoms with Gasteiger partial charge in [0.1, 0.15) is 0 Å². The van der Waals surface area contributed by atoms with E-state index in [0.717, 1.165) is 17.8 Å². The molecule has 2 atom stereocenters. The predicted octanol–water partition coefficient (Wildman–Crippen LogP) is 3.22. The van der Waals surface area contributed by atoms with Gasteiger partial charge >= 0.3 is 0 Å². The zero-order valence-corrected chi connectivity index (χ0v) is 6.97. The molecule has 0 N–H and O–H groups in total. The van der Waals surface area contributed by atoms with Crippen molar-refractivity contribution in [3.8, 4) is 0 Å². The van der Waals surface area contributed by atoms with Gasteiger partial charge in [-0.3, -0.25) is 0 Å². The molecule has 0 nitrogen and oxygen atoms in total. The van der Waals surface area contributed by atoms with Crippen LogP contribution in [-0.2, 0) is 0 Å². The largest absolute Gasteiger partial charge is 0.0625 e. The van der Waals surface area contributed by atoms with E-state index in [2.05, 4.69) is 6.92 Å². The van der Waals surface area contributed by atoms with E-state index in [1.807, 2.05) is 0 Å². The second-order valence-electron chi connectivity index (χ2n) is 4.36. The summed E-state index contributed by atoms with van der Waals surface area (Å²) < 4.78 is 0.